The summed E-state index contributed by atoms with van der Waals surface area (Å²) in [4.78, 5) is 94.8. The number of rotatable bonds is 17. The largest absolute Gasteiger partial charge is 0.481 e. The van der Waals surface area contributed by atoms with Gasteiger partial charge in [-0.3, -0.25) is 33.6 Å². The molecular formula is C36H60N6O10. The summed E-state index contributed by atoms with van der Waals surface area (Å²) >= 11 is 0. The zero-order valence-electron chi connectivity index (χ0n) is 31.1. The van der Waals surface area contributed by atoms with Gasteiger partial charge in [0.15, 0.2) is 0 Å². The number of aliphatic hydroxyl groups excluding tert-OH is 2. The third-order valence-electron chi connectivity index (χ3n) is 10.3. The van der Waals surface area contributed by atoms with Crippen LogP contribution in [0.3, 0.4) is 0 Å². The summed E-state index contributed by atoms with van der Waals surface area (Å²) in [6.45, 7) is 6.96. The molecule has 0 bridgehead atoms. The van der Waals surface area contributed by atoms with Crippen LogP contribution >= 0.6 is 0 Å². The van der Waals surface area contributed by atoms with Crippen molar-refractivity contribution >= 4 is 41.4 Å². The van der Waals surface area contributed by atoms with E-state index >= 15 is 0 Å². The van der Waals surface area contributed by atoms with Crippen LogP contribution in [0, 0.1) is 11.8 Å². The van der Waals surface area contributed by atoms with Gasteiger partial charge in [-0.2, -0.15) is 0 Å². The fourth-order valence-corrected chi connectivity index (χ4v) is 7.38. The van der Waals surface area contributed by atoms with Crippen LogP contribution in [0.25, 0.3) is 0 Å². The third kappa shape index (κ3) is 12.1. The molecule has 16 heteroatoms. The highest BCUT2D eigenvalue weighted by Gasteiger charge is 2.44. The fourth-order valence-electron chi connectivity index (χ4n) is 7.38. The van der Waals surface area contributed by atoms with E-state index in [2.05, 4.69) is 21.3 Å². The van der Waals surface area contributed by atoms with Crippen molar-refractivity contribution in [1.82, 2.24) is 31.1 Å². The van der Waals surface area contributed by atoms with Crippen LogP contribution in [0.4, 0.5) is 0 Å². The number of carboxylic acid groups (broad SMARTS) is 1. The molecule has 0 radical (unpaired) electrons. The summed E-state index contributed by atoms with van der Waals surface area (Å²) in [6.07, 6.45) is 5.37. The molecule has 6 amide bonds. The molecule has 7 atom stereocenters. The second-order valence-electron chi connectivity index (χ2n) is 14.9. The maximum absolute atomic E-state index is 13.9. The molecule has 1 saturated carbocycles. The number of aliphatic hydroxyl groups is 2. The van der Waals surface area contributed by atoms with Crippen LogP contribution < -0.4 is 21.3 Å². The number of nitrogens with zero attached hydrogens (tertiary/aromatic N) is 2. The predicted octanol–water partition coefficient (Wildman–Crippen LogP) is 0.182. The van der Waals surface area contributed by atoms with Crippen molar-refractivity contribution < 1.29 is 48.9 Å². The Morgan fingerprint density at radius 2 is 1.44 bits per heavy atom. The summed E-state index contributed by atoms with van der Waals surface area (Å²) in [5.74, 6) is -5.02. The first-order valence-corrected chi connectivity index (χ1v) is 19.0. The molecule has 294 valence electrons. The van der Waals surface area contributed by atoms with E-state index in [0.29, 0.717) is 38.1 Å². The lowest BCUT2D eigenvalue weighted by molar-refractivity contribution is -0.149. The van der Waals surface area contributed by atoms with Gasteiger partial charge in [-0.1, -0.05) is 52.9 Å². The summed E-state index contributed by atoms with van der Waals surface area (Å²) in [5, 5.41) is 40.8. The molecule has 2 heterocycles. The molecule has 7 N–H and O–H groups in total. The molecule has 16 nitrogen and oxygen atoms in total. The number of hydrogen-bond donors (Lipinski definition) is 7. The summed E-state index contributed by atoms with van der Waals surface area (Å²) in [7, 11) is 0. The maximum Gasteiger partial charge on any atom is 0.305 e. The Bertz CT molecular complexity index is 1270. The Labute approximate surface area is 306 Å². The summed E-state index contributed by atoms with van der Waals surface area (Å²) < 4.78 is 0. The topological polar surface area (TPSA) is 235 Å². The van der Waals surface area contributed by atoms with Gasteiger partial charge in [0.2, 0.25) is 35.4 Å². The Morgan fingerprint density at radius 1 is 0.788 bits per heavy atom. The van der Waals surface area contributed by atoms with E-state index in [1.807, 2.05) is 20.8 Å². The molecule has 1 unspecified atom stereocenters. The number of nitrogens with one attached hydrogen (secondary N) is 4. The number of carbonyl (C=O) groups is 7. The van der Waals surface area contributed by atoms with Gasteiger partial charge in [0.25, 0.3) is 0 Å². The lowest BCUT2D eigenvalue weighted by Gasteiger charge is -2.38. The van der Waals surface area contributed by atoms with Crippen LogP contribution in [-0.2, 0) is 33.6 Å². The van der Waals surface area contributed by atoms with Crippen LogP contribution in [0.15, 0.2) is 0 Å². The number of aliphatic carboxylic acids is 1. The quantitative estimate of drug-likeness (QED) is 0.107. The smallest absolute Gasteiger partial charge is 0.305 e. The molecule has 1 aliphatic carbocycles. The minimum atomic E-state index is -1.65. The summed E-state index contributed by atoms with van der Waals surface area (Å²) in [6, 6.07) is -6.25. The van der Waals surface area contributed by atoms with E-state index in [1.165, 1.54) is 18.2 Å². The molecule has 3 rings (SSSR count). The van der Waals surface area contributed by atoms with E-state index in [4.69, 9.17) is 0 Å². The van der Waals surface area contributed by atoms with Gasteiger partial charge in [0.05, 0.1) is 18.6 Å². The van der Waals surface area contributed by atoms with Crippen molar-refractivity contribution in [2.75, 3.05) is 19.6 Å². The molecular weight excluding hydrogens is 676 g/mol. The second kappa shape index (κ2) is 20.5. The molecule has 0 aromatic heterocycles. The first-order chi connectivity index (χ1) is 24.6. The molecule has 0 aromatic carbocycles. The zero-order valence-corrected chi connectivity index (χ0v) is 31.1. The van der Waals surface area contributed by atoms with Crippen LogP contribution in [0.5, 0.6) is 0 Å². The van der Waals surface area contributed by atoms with Crippen molar-refractivity contribution in [2.45, 2.75) is 154 Å². The van der Waals surface area contributed by atoms with E-state index in [-0.39, 0.29) is 37.8 Å². The van der Waals surface area contributed by atoms with Gasteiger partial charge < -0.3 is 46.4 Å². The number of β-amino-alcohol motifs (C(OH)–C–C–N with tert-alkyl or cyclic N) is 1. The number of carbonyl (C=O) groups excluding carboxylic acids is 6. The predicted molar refractivity (Wildman–Crippen MR) is 189 cm³/mol. The highest BCUT2D eigenvalue weighted by molar-refractivity contribution is 5.98. The average molecular weight is 737 g/mol. The highest BCUT2D eigenvalue weighted by Crippen LogP contribution is 2.28. The van der Waals surface area contributed by atoms with Gasteiger partial charge in [0, 0.05) is 32.5 Å². The highest BCUT2D eigenvalue weighted by atomic mass is 16.4. The number of hydrogen-bond acceptors (Lipinski definition) is 9. The van der Waals surface area contributed by atoms with Crippen molar-refractivity contribution in [3.05, 3.63) is 0 Å². The van der Waals surface area contributed by atoms with Gasteiger partial charge in [0.1, 0.15) is 30.2 Å². The van der Waals surface area contributed by atoms with Gasteiger partial charge >= 0.3 is 5.97 Å². The van der Waals surface area contributed by atoms with Gasteiger partial charge in [-0.05, 0) is 50.9 Å². The monoisotopic (exact) mass is 736 g/mol. The summed E-state index contributed by atoms with van der Waals surface area (Å²) in [5.41, 5.74) is 0. The molecule has 2 saturated heterocycles. The minimum Gasteiger partial charge on any atom is -0.481 e. The molecule has 52 heavy (non-hydrogen) atoms. The van der Waals surface area contributed by atoms with E-state index in [9.17, 15) is 48.9 Å². The first kappa shape index (κ1) is 42.6. The molecule has 0 spiro atoms. The Kier molecular flexibility index (Phi) is 16.8. The number of piperidine rings is 1. The minimum absolute atomic E-state index is 0.220. The van der Waals surface area contributed by atoms with Crippen LogP contribution in [0.2, 0.25) is 0 Å². The Hall–Kier alpha value is -3.79. The Balaban J connectivity index is 1.74. The average Bonchev–Trinajstić information content (AvgIpc) is 3.51. The number of likely N-dealkylation sites (tertiary alicyclic amines) is 2. The van der Waals surface area contributed by atoms with Crippen molar-refractivity contribution in [3.63, 3.8) is 0 Å². The van der Waals surface area contributed by atoms with Crippen molar-refractivity contribution in [1.29, 1.82) is 0 Å². The lowest BCUT2D eigenvalue weighted by Crippen LogP contribution is -2.61. The fraction of sp³-hybridized carbons (Fsp3) is 0.806. The van der Waals surface area contributed by atoms with Crippen molar-refractivity contribution in [3.8, 4) is 0 Å². The normalized spacial score (nSPS) is 23.2. The molecule has 2 aliphatic heterocycles. The van der Waals surface area contributed by atoms with Crippen LogP contribution in [0.1, 0.15) is 111 Å². The number of amides is 6. The van der Waals surface area contributed by atoms with E-state index in [1.54, 1.807) is 0 Å². The zero-order chi connectivity index (χ0) is 38.5. The second-order valence-corrected chi connectivity index (χ2v) is 14.9. The van der Waals surface area contributed by atoms with Crippen molar-refractivity contribution in [2.24, 2.45) is 11.8 Å². The van der Waals surface area contributed by atoms with Crippen LogP contribution in [-0.4, -0.2) is 129 Å². The molecule has 3 aliphatic rings. The third-order valence-corrected chi connectivity index (χ3v) is 10.3. The molecule has 3 fully saturated rings. The van der Waals surface area contributed by atoms with Gasteiger partial charge in [-0.25, -0.2) is 0 Å². The SMILES string of the molecule is CCCNC(=O)[C@@H](NC(=O)[C@@H]1CC(O)CN1C(=O)[C@H](CC(=O)O)NC(=O)[C@@H]1CCCCN1C(=O)[C@@H](NC(=O)CCC1CCCCC1)C(C)C)[C@@H](C)O. The van der Waals surface area contributed by atoms with E-state index in [0.717, 1.165) is 37.0 Å². The number of carboxylic acids is 1. The standard InChI is InChI=1S/C36H60N6O10/c1-5-16-37-34(50)31(22(4)43)40-33(49)27-18-24(44)20-42(27)35(51)25(19-29(46)47)38-32(48)26-13-9-10-17-41(26)36(52)30(21(2)3)39-28(45)15-14-23-11-7-6-8-12-23/h21-27,30-31,43-44H,5-20H2,1-4H3,(H,37,50)(H,38,48)(H,39,45)(H,40,49)(H,46,47)/t22-,24?,25+,26+,27+,30+,31+/m1/s1. The lowest BCUT2D eigenvalue weighted by atomic mass is 9.86. The maximum atomic E-state index is 13.9. The first-order valence-electron chi connectivity index (χ1n) is 19.0. The Morgan fingerprint density at radius 3 is 2.06 bits per heavy atom. The van der Waals surface area contributed by atoms with E-state index < -0.39 is 84.3 Å². The van der Waals surface area contributed by atoms with Gasteiger partial charge in [-0.15, -0.1) is 0 Å². The molecule has 0 aromatic rings.